The second-order valence-electron chi connectivity index (χ2n) is 7.53. The molecule has 1 N–H and O–H groups in total. The predicted octanol–water partition coefficient (Wildman–Crippen LogP) is 0.680. The molecule has 0 aromatic carbocycles. The molecule has 2 aliphatic heterocycles. The van der Waals surface area contributed by atoms with Crippen molar-refractivity contribution in [1.82, 2.24) is 19.9 Å². The summed E-state index contributed by atoms with van der Waals surface area (Å²) in [6, 6.07) is 3.97. The van der Waals surface area contributed by atoms with Gasteiger partial charge in [0.15, 0.2) is 0 Å². The van der Waals surface area contributed by atoms with Crippen LogP contribution in [0, 0.1) is 5.92 Å². The Morgan fingerprint density at radius 2 is 1.69 bits per heavy atom. The van der Waals surface area contributed by atoms with E-state index in [1.54, 1.807) is 12.4 Å². The van der Waals surface area contributed by atoms with Crippen molar-refractivity contribution in [3.05, 3.63) is 24.5 Å². The zero-order valence-electron chi connectivity index (χ0n) is 16.9. The fourth-order valence-electron chi connectivity index (χ4n) is 4.05. The maximum atomic E-state index is 12.9. The highest BCUT2D eigenvalue weighted by Gasteiger charge is 2.32. The summed E-state index contributed by atoms with van der Waals surface area (Å²) in [5.74, 6) is -0.929. The van der Waals surface area contributed by atoms with Crippen LogP contribution >= 0.6 is 0 Å². The van der Waals surface area contributed by atoms with E-state index in [9.17, 15) is 14.4 Å². The van der Waals surface area contributed by atoms with Gasteiger partial charge < -0.3 is 14.9 Å². The number of piperidine rings is 1. The molecule has 1 aromatic heterocycles. The van der Waals surface area contributed by atoms with Crippen LogP contribution in [0.25, 0.3) is 0 Å². The van der Waals surface area contributed by atoms with Crippen molar-refractivity contribution < 1.29 is 19.5 Å². The van der Waals surface area contributed by atoms with E-state index in [1.165, 1.54) is 11.9 Å². The molecule has 0 saturated carbocycles. The number of hydrazine groups is 1. The first-order valence-electron chi connectivity index (χ1n) is 10.1. The molecule has 2 saturated heterocycles. The Morgan fingerprint density at radius 3 is 2.24 bits per heavy atom. The molecule has 2 amide bonds. The molecule has 2 aliphatic rings. The molecule has 0 unspecified atom stereocenters. The summed E-state index contributed by atoms with van der Waals surface area (Å²) in [6.07, 6.45) is 4.84. The summed E-state index contributed by atoms with van der Waals surface area (Å²) in [5.41, 5.74) is 1.13. The van der Waals surface area contributed by atoms with Crippen molar-refractivity contribution in [2.24, 2.45) is 5.92 Å². The van der Waals surface area contributed by atoms with Gasteiger partial charge in [-0.15, -0.1) is 0 Å². The summed E-state index contributed by atoms with van der Waals surface area (Å²) < 4.78 is 0. The minimum atomic E-state index is -0.924. The van der Waals surface area contributed by atoms with Gasteiger partial charge in [-0.05, 0) is 25.0 Å². The Kier molecular flexibility index (Phi) is 7.03. The lowest BCUT2D eigenvalue weighted by molar-refractivity contribution is -0.153. The largest absolute Gasteiger partial charge is 0.481 e. The van der Waals surface area contributed by atoms with Crippen LogP contribution in [0.1, 0.15) is 26.2 Å². The average Bonchev–Trinajstić information content (AvgIpc) is 2.74. The summed E-state index contributed by atoms with van der Waals surface area (Å²) in [6.45, 7) is 5.82. The minimum Gasteiger partial charge on any atom is -0.481 e. The van der Waals surface area contributed by atoms with Crippen molar-refractivity contribution in [3.8, 4) is 0 Å². The summed E-state index contributed by atoms with van der Waals surface area (Å²) in [7, 11) is 0. The van der Waals surface area contributed by atoms with Crippen LogP contribution in [0.3, 0.4) is 0 Å². The van der Waals surface area contributed by atoms with E-state index in [4.69, 9.17) is 5.11 Å². The van der Waals surface area contributed by atoms with E-state index >= 15 is 0 Å². The van der Waals surface area contributed by atoms with E-state index in [0.29, 0.717) is 39.0 Å². The van der Waals surface area contributed by atoms with Gasteiger partial charge in [-0.1, -0.05) is 0 Å². The average molecular weight is 403 g/mol. The van der Waals surface area contributed by atoms with Crippen LogP contribution in [0.15, 0.2) is 24.5 Å². The monoisotopic (exact) mass is 403 g/mol. The van der Waals surface area contributed by atoms with Gasteiger partial charge in [0.2, 0.25) is 11.8 Å². The van der Waals surface area contributed by atoms with E-state index in [2.05, 4.69) is 9.88 Å². The summed E-state index contributed by atoms with van der Waals surface area (Å²) >= 11 is 0. The summed E-state index contributed by atoms with van der Waals surface area (Å²) in [4.78, 5) is 43.9. The Hall–Kier alpha value is -2.68. The quantitative estimate of drug-likeness (QED) is 0.746. The van der Waals surface area contributed by atoms with E-state index < -0.39 is 5.97 Å². The van der Waals surface area contributed by atoms with Crippen LogP contribution in [0.4, 0.5) is 5.69 Å². The standard InChI is InChI=1S/C20H29N5O4/c1-16(26)25(11-6-19(27)28)24-9-4-17(5-10-24)20(29)23-14-12-22(13-15-23)18-2-7-21-8-3-18/h2-3,7-8,17H,4-6,9-15H2,1H3,(H,27,28). The highest BCUT2D eigenvalue weighted by Crippen LogP contribution is 2.23. The lowest BCUT2D eigenvalue weighted by Gasteiger charge is -2.41. The van der Waals surface area contributed by atoms with E-state index in [1.807, 2.05) is 22.0 Å². The Morgan fingerprint density at radius 1 is 1.07 bits per heavy atom. The third-order valence-corrected chi connectivity index (χ3v) is 5.68. The van der Waals surface area contributed by atoms with Crippen LogP contribution in [0.5, 0.6) is 0 Å². The number of aliphatic carboxylic acids is 1. The van der Waals surface area contributed by atoms with Crippen LogP contribution in [-0.4, -0.2) is 88.6 Å². The zero-order chi connectivity index (χ0) is 20.8. The number of piperazine rings is 1. The molecule has 0 radical (unpaired) electrons. The number of pyridine rings is 1. The molecule has 3 heterocycles. The molecule has 0 aliphatic carbocycles. The zero-order valence-corrected chi connectivity index (χ0v) is 16.9. The molecule has 1 aromatic rings. The minimum absolute atomic E-state index is 0.0352. The molecule has 0 spiro atoms. The number of aromatic nitrogens is 1. The van der Waals surface area contributed by atoms with Gasteiger partial charge in [-0.25, -0.2) is 5.01 Å². The summed E-state index contributed by atoms with van der Waals surface area (Å²) in [5, 5.41) is 12.3. The molecule has 29 heavy (non-hydrogen) atoms. The number of amides is 2. The van der Waals surface area contributed by atoms with Crippen molar-refractivity contribution in [3.63, 3.8) is 0 Å². The first kappa shape index (κ1) is 21.0. The normalized spacial score (nSPS) is 18.5. The fourth-order valence-corrected chi connectivity index (χ4v) is 4.05. The van der Waals surface area contributed by atoms with Gasteiger partial charge in [0, 0.05) is 76.7 Å². The third kappa shape index (κ3) is 5.44. The lowest BCUT2D eigenvalue weighted by atomic mass is 9.95. The Balaban J connectivity index is 1.47. The molecular weight excluding hydrogens is 374 g/mol. The van der Waals surface area contributed by atoms with Crippen molar-refractivity contribution in [2.75, 3.05) is 50.7 Å². The number of hydrogen-bond acceptors (Lipinski definition) is 6. The predicted molar refractivity (Wildman–Crippen MR) is 107 cm³/mol. The number of anilines is 1. The van der Waals surface area contributed by atoms with Crippen molar-refractivity contribution in [1.29, 1.82) is 0 Å². The second kappa shape index (κ2) is 9.69. The first-order chi connectivity index (χ1) is 14.0. The molecule has 9 nitrogen and oxygen atoms in total. The van der Waals surface area contributed by atoms with Crippen LogP contribution in [0.2, 0.25) is 0 Å². The SMILES string of the molecule is CC(=O)N(CCC(=O)O)N1CCC(C(=O)N2CCN(c3ccncc3)CC2)CC1. The maximum absolute atomic E-state index is 12.9. The van der Waals surface area contributed by atoms with Crippen LogP contribution in [-0.2, 0) is 14.4 Å². The maximum Gasteiger partial charge on any atom is 0.305 e. The molecule has 0 bridgehead atoms. The molecule has 9 heteroatoms. The molecular formula is C20H29N5O4. The first-order valence-corrected chi connectivity index (χ1v) is 10.1. The molecule has 3 rings (SSSR count). The smallest absolute Gasteiger partial charge is 0.305 e. The van der Waals surface area contributed by atoms with Gasteiger partial charge in [0.05, 0.1) is 6.42 Å². The van der Waals surface area contributed by atoms with Gasteiger partial charge in [-0.2, -0.15) is 0 Å². The van der Waals surface area contributed by atoms with Gasteiger partial charge in [0.25, 0.3) is 0 Å². The lowest BCUT2D eigenvalue weighted by Crippen LogP contribution is -2.54. The highest BCUT2D eigenvalue weighted by atomic mass is 16.4. The fraction of sp³-hybridized carbons (Fsp3) is 0.600. The van der Waals surface area contributed by atoms with Crippen LogP contribution < -0.4 is 4.90 Å². The van der Waals surface area contributed by atoms with Gasteiger partial charge >= 0.3 is 5.97 Å². The number of rotatable bonds is 6. The van der Waals surface area contributed by atoms with Crippen molar-refractivity contribution in [2.45, 2.75) is 26.2 Å². The number of carboxylic acids is 1. The Bertz CT molecular complexity index is 713. The van der Waals surface area contributed by atoms with Crippen molar-refractivity contribution >= 4 is 23.5 Å². The van der Waals surface area contributed by atoms with Gasteiger partial charge in [0.1, 0.15) is 0 Å². The van der Waals surface area contributed by atoms with E-state index in [0.717, 1.165) is 18.8 Å². The number of hydrogen-bond donors (Lipinski definition) is 1. The molecule has 0 atom stereocenters. The highest BCUT2D eigenvalue weighted by molar-refractivity contribution is 5.79. The number of carbonyl (C=O) groups excluding carboxylic acids is 2. The molecule has 158 valence electrons. The number of nitrogens with zero attached hydrogens (tertiary/aromatic N) is 5. The van der Waals surface area contributed by atoms with E-state index in [-0.39, 0.29) is 30.7 Å². The Labute approximate surface area is 170 Å². The topological polar surface area (TPSA) is 97.3 Å². The number of carboxylic acid groups (broad SMARTS) is 1. The van der Waals surface area contributed by atoms with Gasteiger partial charge in [-0.3, -0.25) is 24.4 Å². The molecule has 2 fully saturated rings. The second-order valence-corrected chi connectivity index (χ2v) is 7.53. The number of carbonyl (C=O) groups is 3. The third-order valence-electron chi connectivity index (χ3n) is 5.68.